The topological polar surface area (TPSA) is 94.7 Å². The van der Waals surface area contributed by atoms with E-state index in [4.69, 9.17) is 0 Å². The van der Waals surface area contributed by atoms with Crippen LogP contribution in [0.4, 0.5) is 4.39 Å². The molecule has 0 atom stereocenters. The SMILES string of the molecule is CC(=O)c1cc(C(=O)N2CCc3[nH]nc(-c4ccc(F)cc4)c3CC2)[nH]n1. The third-order valence-corrected chi connectivity index (χ3v) is 4.79. The van der Waals surface area contributed by atoms with Crippen molar-refractivity contribution < 1.29 is 14.0 Å². The largest absolute Gasteiger partial charge is 0.337 e. The molecule has 3 aromatic rings. The first-order valence-electron chi connectivity index (χ1n) is 8.70. The summed E-state index contributed by atoms with van der Waals surface area (Å²) in [6, 6.07) is 7.71. The van der Waals surface area contributed by atoms with Gasteiger partial charge in [0.2, 0.25) is 0 Å². The lowest BCUT2D eigenvalue weighted by atomic mass is 10.0. The molecule has 0 saturated carbocycles. The van der Waals surface area contributed by atoms with Crippen LogP contribution in [0.15, 0.2) is 30.3 Å². The molecular formula is C19H18FN5O2. The zero-order valence-electron chi connectivity index (χ0n) is 14.8. The summed E-state index contributed by atoms with van der Waals surface area (Å²) in [6.45, 7) is 2.46. The fraction of sp³-hybridized carbons (Fsp3) is 0.263. The first kappa shape index (κ1) is 17.1. The van der Waals surface area contributed by atoms with Crippen molar-refractivity contribution in [2.75, 3.05) is 13.1 Å². The van der Waals surface area contributed by atoms with Gasteiger partial charge in [-0.05, 0) is 36.8 Å². The van der Waals surface area contributed by atoms with Crippen molar-refractivity contribution in [2.24, 2.45) is 0 Å². The number of ketones is 1. The fourth-order valence-corrected chi connectivity index (χ4v) is 3.31. The molecule has 2 aromatic heterocycles. The predicted molar refractivity (Wildman–Crippen MR) is 95.9 cm³/mol. The van der Waals surface area contributed by atoms with Crippen LogP contribution in [0.5, 0.6) is 0 Å². The summed E-state index contributed by atoms with van der Waals surface area (Å²) >= 11 is 0. The molecule has 1 aromatic carbocycles. The number of carbonyl (C=O) groups excluding carboxylic acids is 2. The van der Waals surface area contributed by atoms with E-state index in [1.165, 1.54) is 25.1 Å². The van der Waals surface area contributed by atoms with Crippen molar-refractivity contribution in [1.29, 1.82) is 0 Å². The van der Waals surface area contributed by atoms with Gasteiger partial charge in [0.1, 0.15) is 17.2 Å². The van der Waals surface area contributed by atoms with Crippen LogP contribution >= 0.6 is 0 Å². The first-order valence-corrected chi connectivity index (χ1v) is 8.70. The molecule has 0 spiro atoms. The molecule has 0 fully saturated rings. The first-order chi connectivity index (χ1) is 13.0. The van der Waals surface area contributed by atoms with Gasteiger partial charge >= 0.3 is 0 Å². The molecule has 7 nitrogen and oxygen atoms in total. The van der Waals surface area contributed by atoms with Crippen molar-refractivity contribution in [2.45, 2.75) is 19.8 Å². The van der Waals surface area contributed by atoms with E-state index in [1.54, 1.807) is 17.0 Å². The van der Waals surface area contributed by atoms with Crippen LogP contribution in [0, 0.1) is 5.82 Å². The number of benzene rings is 1. The van der Waals surface area contributed by atoms with E-state index >= 15 is 0 Å². The van der Waals surface area contributed by atoms with Crippen LogP contribution in [0.25, 0.3) is 11.3 Å². The molecule has 2 N–H and O–H groups in total. The lowest BCUT2D eigenvalue weighted by Crippen LogP contribution is -2.33. The molecule has 0 saturated heterocycles. The highest BCUT2D eigenvalue weighted by atomic mass is 19.1. The van der Waals surface area contributed by atoms with Crippen molar-refractivity contribution >= 4 is 11.7 Å². The number of fused-ring (bicyclic) bond motifs is 1. The average molecular weight is 367 g/mol. The zero-order chi connectivity index (χ0) is 19.0. The summed E-state index contributed by atoms with van der Waals surface area (Å²) < 4.78 is 13.2. The monoisotopic (exact) mass is 367 g/mol. The molecule has 0 unspecified atom stereocenters. The molecule has 1 aliphatic rings. The number of aromatic amines is 2. The molecule has 1 aliphatic heterocycles. The maximum Gasteiger partial charge on any atom is 0.271 e. The van der Waals surface area contributed by atoms with Gasteiger partial charge in [0.25, 0.3) is 5.91 Å². The highest BCUT2D eigenvalue weighted by Gasteiger charge is 2.25. The number of halogens is 1. The minimum Gasteiger partial charge on any atom is -0.337 e. The van der Waals surface area contributed by atoms with Gasteiger partial charge in [-0.3, -0.25) is 19.8 Å². The Morgan fingerprint density at radius 2 is 1.81 bits per heavy atom. The maximum absolute atomic E-state index is 13.2. The van der Waals surface area contributed by atoms with Gasteiger partial charge in [-0.1, -0.05) is 0 Å². The third-order valence-electron chi connectivity index (χ3n) is 4.79. The Kier molecular flexibility index (Phi) is 4.31. The number of Topliss-reactive ketones (excluding diaryl/α,β-unsaturated/α-hetero) is 1. The molecule has 0 bridgehead atoms. The molecule has 3 heterocycles. The Balaban J connectivity index is 1.54. The highest BCUT2D eigenvalue weighted by molar-refractivity contribution is 5.97. The molecule has 0 aliphatic carbocycles. The Morgan fingerprint density at radius 3 is 2.52 bits per heavy atom. The minimum atomic E-state index is -0.290. The number of rotatable bonds is 3. The summed E-state index contributed by atoms with van der Waals surface area (Å²) in [7, 11) is 0. The summed E-state index contributed by atoms with van der Waals surface area (Å²) in [5.41, 5.74) is 4.22. The van der Waals surface area contributed by atoms with Crippen LogP contribution in [0.1, 0.15) is 39.2 Å². The fourth-order valence-electron chi connectivity index (χ4n) is 3.31. The molecular weight excluding hydrogens is 349 g/mol. The summed E-state index contributed by atoms with van der Waals surface area (Å²) in [4.78, 5) is 25.8. The third kappa shape index (κ3) is 3.25. The lowest BCUT2D eigenvalue weighted by Gasteiger charge is -2.19. The second kappa shape index (κ2) is 6.79. The van der Waals surface area contributed by atoms with Crippen LogP contribution in [-0.2, 0) is 12.8 Å². The lowest BCUT2D eigenvalue weighted by molar-refractivity contribution is 0.0756. The highest BCUT2D eigenvalue weighted by Crippen LogP contribution is 2.27. The quantitative estimate of drug-likeness (QED) is 0.695. The molecule has 138 valence electrons. The molecule has 27 heavy (non-hydrogen) atoms. The average Bonchev–Trinajstić information content (AvgIpc) is 3.25. The van der Waals surface area contributed by atoms with E-state index in [0.717, 1.165) is 22.5 Å². The Morgan fingerprint density at radius 1 is 1.07 bits per heavy atom. The van der Waals surface area contributed by atoms with E-state index in [9.17, 15) is 14.0 Å². The van der Waals surface area contributed by atoms with Gasteiger partial charge in [-0.15, -0.1) is 0 Å². The smallest absolute Gasteiger partial charge is 0.271 e. The van der Waals surface area contributed by atoms with Crippen molar-refractivity contribution in [3.8, 4) is 11.3 Å². The normalized spacial score (nSPS) is 13.9. The van der Waals surface area contributed by atoms with Gasteiger partial charge in [0.05, 0.1) is 5.69 Å². The predicted octanol–water partition coefficient (Wildman–Crippen LogP) is 2.38. The second-order valence-electron chi connectivity index (χ2n) is 6.55. The number of aromatic nitrogens is 4. The number of nitrogens with one attached hydrogen (secondary N) is 2. The van der Waals surface area contributed by atoms with E-state index < -0.39 is 0 Å². The number of hydrogen-bond donors (Lipinski definition) is 2. The second-order valence-corrected chi connectivity index (χ2v) is 6.55. The number of nitrogens with zero attached hydrogens (tertiary/aromatic N) is 3. The van der Waals surface area contributed by atoms with Crippen LogP contribution in [-0.4, -0.2) is 50.1 Å². The number of amides is 1. The van der Waals surface area contributed by atoms with Gasteiger partial charge in [-0.25, -0.2) is 4.39 Å². The van der Waals surface area contributed by atoms with E-state index in [2.05, 4.69) is 20.4 Å². The molecule has 8 heteroatoms. The standard InChI is InChI=1S/C19H18FN5O2/c1-11(26)16-10-17(23-22-16)19(27)25-8-6-14-15(7-9-25)21-24-18(14)12-2-4-13(20)5-3-12/h2-5,10H,6-9H2,1H3,(H,21,24)(H,22,23). The minimum absolute atomic E-state index is 0.184. The Bertz CT molecular complexity index is 1010. The number of hydrogen-bond acceptors (Lipinski definition) is 4. The van der Waals surface area contributed by atoms with Crippen molar-refractivity contribution in [1.82, 2.24) is 25.3 Å². The van der Waals surface area contributed by atoms with Crippen LogP contribution < -0.4 is 0 Å². The zero-order valence-corrected chi connectivity index (χ0v) is 14.8. The van der Waals surface area contributed by atoms with Crippen LogP contribution in [0.2, 0.25) is 0 Å². The Hall–Kier alpha value is -3.29. The molecule has 4 rings (SSSR count). The summed E-state index contributed by atoms with van der Waals surface area (Å²) in [5.74, 6) is -0.663. The summed E-state index contributed by atoms with van der Waals surface area (Å²) in [5, 5.41) is 14.0. The van der Waals surface area contributed by atoms with Crippen molar-refractivity contribution in [3.05, 3.63) is 58.8 Å². The maximum atomic E-state index is 13.2. The molecule has 1 amide bonds. The van der Waals surface area contributed by atoms with Gasteiger partial charge in [-0.2, -0.15) is 10.2 Å². The Labute approximate surface area is 154 Å². The van der Waals surface area contributed by atoms with Crippen LogP contribution in [0.3, 0.4) is 0 Å². The number of H-pyrrole nitrogens is 2. The van der Waals surface area contributed by atoms with Crippen molar-refractivity contribution in [3.63, 3.8) is 0 Å². The molecule has 0 radical (unpaired) electrons. The van der Waals surface area contributed by atoms with Gasteiger partial charge in [0, 0.05) is 43.3 Å². The van der Waals surface area contributed by atoms with Gasteiger partial charge < -0.3 is 4.90 Å². The van der Waals surface area contributed by atoms with E-state index in [0.29, 0.717) is 31.6 Å². The van der Waals surface area contributed by atoms with E-state index in [1.807, 2.05) is 0 Å². The van der Waals surface area contributed by atoms with Gasteiger partial charge in [0.15, 0.2) is 5.78 Å². The summed E-state index contributed by atoms with van der Waals surface area (Å²) in [6.07, 6.45) is 1.28. The number of carbonyl (C=O) groups is 2. The van der Waals surface area contributed by atoms with E-state index in [-0.39, 0.29) is 23.2 Å².